The highest BCUT2D eigenvalue weighted by atomic mass is 19.1. The molecule has 34 heavy (non-hydrogen) atoms. The number of aromatic nitrogens is 1. The first-order valence-corrected chi connectivity index (χ1v) is 10.9. The Kier molecular flexibility index (Phi) is 8.26. The molecule has 0 bridgehead atoms. The van der Waals surface area contributed by atoms with E-state index in [1.807, 2.05) is 50.2 Å². The van der Waals surface area contributed by atoms with Crippen LogP contribution in [-0.2, 0) is 4.79 Å². The first-order chi connectivity index (χ1) is 16.2. The predicted molar refractivity (Wildman–Crippen MR) is 127 cm³/mol. The van der Waals surface area contributed by atoms with Gasteiger partial charge in [-0.15, -0.1) is 0 Å². The van der Waals surface area contributed by atoms with Crippen LogP contribution in [0.1, 0.15) is 37.4 Å². The summed E-state index contributed by atoms with van der Waals surface area (Å²) in [6.45, 7) is 3.90. The zero-order valence-electron chi connectivity index (χ0n) is 18.9. The molecule has 7 heteroatoms. The minimum atomic E-state index is -2.18. The normalized spacial score (nSPS) is 14.3. The van der Waals surface area contributed by atoms with Crippen molar-refractivity contribution in [2.45, 2.75) is 44.6 Å². The number of aliphatic carboxylic acids is 1. The lowest BCUT2D eigenvalue weighted by molar-refractivity contribution is -0.140. The van der Waals surface area contributed by atoms with Crippen molar-refractivity contribution in [2.24, 2.45) is 0 Å². The van der Waals surface area contributed by atoms with Crippen molar-refractivity contribution in [3.05, 3.63) is 83.8 Å². The SMILES string of the molecule is CC(C)c1nc(-c2ccccc2)cc(-c2ccc(F)cc2)c1C=C[C@@H](O)[C@H](F)[C@@H](O)CC(=O)O. The van der Waals surface area contributed by atoms with Crippen molar-refractivity contribution in [3.8, 4) is 22.4 Å². The van der Waals surface area contributed by atoms with Gasteiger partial charge in [0.15, 0.2) is 6.17 Å². The zero-order valence-corrected chi connectivity index (χ0v) is 18.9. The highest BCUT2D eigenvalue weighted by Crippen LogP contribution is 2.34. The molecule has 0 aliphatic carbocycles. The lowest BCUT2D eigenvalue weighted by Gasteiger charge is -2.19. The summed E-state index contributed by atoms with van der Waals surface area (Å²) in [6, 6.07) is 17.4. The number of hydrogen-bond acceptors (Lipinski definition) is 4. The Labute approximate surface area is 197 Å². The van der Waals surface area contributed by atoms with Gasteiger partial charge in [0.05, 0.1) is 23.9 Å². The number of carboxylic acids is 1. The van der Waals surface area contributed by atoms with Gasteiger partial charge in [-0.1, -0.05) is 68.5 Å². The summed E-state index contributed by atoms with van der Waals surface area (Å²) < 4.78 is 28.0. The fourth-order valence-corrected chi connectivity index (χ4v) is 3.64. The Morgan fingerprint density at radius 2 is 1.68 bits per heavy atom. The van der Waals surface area contributed by atoms with Crippen LogP contribution >= 0.6 is 0 Å². The van der Waals surface area contributed by atoms with Gasteiger partial charge in [-0.05, 0) is 35.2 Å². The van der Waals surface area contributed by atoms with E-state index in [2.05, 4.69) is 0 Å². The molecule has 3 N–H and O–H groups in total. The number of carbonyl (C=O) groups is 1. The third-order valence-corrected chi connectivity index (χ3v) is 5.40. The Morgan fingerprint density at radius 3 is 2.26 bits per heavy atom. The van der Waals surface area contributed by atoms with Crippen LogP contribution in [0, 0.1) is 5.82 Å². The molecule has 0 fully saturated rings. The van der Waals surface area contributed by atoms with Crippen LogP contribution in [0.25, 0.3) is 28.5 Å². The molecule has 178 valence electrons. The monoisotopic (exact) mass is 467 g/mol. The molecule has 5 nitrogen and oxygen atoms in total. The van der Waals surface area contributed by atoms with E-state index in [1.165, 1.54) is 24.3 Å². The molecule has 0 aliphatic heterocycles. The summed E-state index contributed by atoms with van der Waals surface area (Å²) in [5, 5.41) is 28.7. The number of aliphatic hydroxyl groups is 2. The fourth-order valence-electron chi connectivity index (χ4n) is 3.64. The molecule has 0 spiro atoms. The number of benzene rings is 2. The molecule has 0 radical (unpaired) electrons. The molecule has 0 unspecified atom stereocenters. The second-order valence-corrected chi connectivity index (χ2v) is 8.34. The summed E-state index contributed by atoms with van der Waals surface area (Å²) in [4.78, 5) is 15.6. The van der Waals surface area contributed by atoms with E-state index in [4.69, 9.17) is 10.1 Å². The second-order valence-electron chi connectivity index (χ2n) is 8.34. The highest BCUT2D eigenvalue weighted by molar-refractivity contribution is 5.80. The van der Waals surface area contributed by atoms with Gasteiger partial charge in [0.1, 0.15) is 11.9 Å². The van der Waals surface area contributed by atoms with Gasteiger partial charge in [0, 0.05) is 11.1 Å². The molecule has 0 amide bonds. The van der Waals surface area contributed by atoms with E-state index in [9.17, 15) is 23.8 Å². The minimum absolute atomic E-state index is 0.0431. The van der Waals surface area contributed by atoms with Gasteiger partial charge < -0.3 is 15.3 Å². The largest absolute Gasteiger partial charge is 0.481 e. The Bertz CT molecular complexity index is 1150. The van der Waals surface area contributed by atoms with Gasteiger partial charge in [0.25, 0.3) is 0 Å². The molecule has 0 aliphatic rings. The summed E-state index contributed by atoms with van der Waals surface area (Å²) in [6.07, 6.45) is -3.90. The van der Waals surface area contributed by atoms with E-state index >= 15 is 0 Å². The van der Waals surface area contributed by atoms with Crippen molar-refractivity contribution in [2.75, 3.05) is 0 Å². The minimum Gasteiger partial charge on any atom is -0.481 e. The fraction of sp³-hybridized carbons (Fsp3) is 0.259. The molecule has 1 heterocycles. The Hall–Kier alpha value is -3.42. The molecular weight excluding hydrogens is 440 g/mol. The standard InChI is InChI=1S/C27H27F2NO4/c1-16(2)27-20(12-13-23(31)26(29)24(32)15-25(33)34)21(17-8-10-19(28)11-9-17)14-22(30-27)18-6-4-3-5-7-18/h3-14,16,23-24,26,31-32H,15H2,1-2H3,(H,33,34)/t23-,24+,26+/m1/s1. The third-order valence-electron chi connectivity index (χ3n) is 5.40. The van der Waals surface area contributed by atoms with Crippen LogP contribution in [0.15, 0.2) is 66.7 Å². The summed E-state index contributed by atoms with van der Waals surface area (Å²) in [5.74, 6) is -1.79. The maximum absolute atomic E-state index is 14.4. The van der Waals surface area contributed by atoms with Gasteiger partial charge in [-0.2, -0.15) is 0 Å². The number of aliphatic hydroxyl groups excluding tert-OH is 2. The van der Waals surface area contributed by atoms with Crippen LogP contribution in [0.5, 0.6) is 0 Å². The van der Waals surface area contributed by atoms with Crippen LogP contribution in [0.2, 0.25) is 0 Å². The molecule has 2 aromatic carbocycles. The Balaban J connectivity index is 2.11. The molecule has 3 atom stereocenters. The van der Waals surface area contributed by atoms with Crippen LogP contribution in [-0.4, -0.2) is 44.7 Å². The highest BCUT2D eigenvalue weighted by Gasteiger charge is 2.27. The molecular formula is C27H27F2NO4. The quantitative estimate of drug-likeness (QED) is 0.401. The topological polar surface area (TPSA) is 90.7 Å². The maximum Gasteiger partial charge on any atom is 0.306 e. The van der Waals surface area contributed by atoms with Crippen molar-refractivity contribution in [1.82, 2.24) is 4.98 Å². The number of pyridine rings is 1. The smallest absolute Gasteiger partial charge is 0.306 e. The maximum atomic E-state index is 14.4. The number of carboxylic acid groups (broad SMARTS) is 1. The van der Waals surface area contributed by atoms with Gasteiger partial charge >= 0.3 is 5.97 Å². The van der Waals surface area contributed by atoms with Crippen molar-refractivity contribution in [3.63, 3.8) is 0 Å². The van der Waals surface area contributed by atoms with E-state index < -0.39 is 30.8 Å². The number of rotatable bonds is 9. The lowest BCUT2D eigenvalue weighted by Crippen LogP contribution is -2.34. The second kappa shape index (κ2) is 11.1. The van der Waals surface area contributed by atoms with Gasteiger partial charge in [0.2, 0.25) is 0 Å². The molecule has 1 aromatic heterocycles. The van der Waals surface area contributed by atoms with Crippen molar-refractivity contribution in [1.29, 1.82) is 0 Å². The van der Waals surface area contributed by atoms with Crippen molar-refractivity contribution >= 4 is 12.0 Å². The molecule has 0 saturated carbocycles. The summed E-state index contributed by atoms with van der Waals surface area (Å²) >= 11 is 0. The first kappa shape index (κ1) is 25.2. The van der Waals surface area contributed by atoms with Gasteiger partial charge in [-0.25, -0.2) is 8.78 Å². The number of nitrogens with zero attached hydrogens (tertiary/aromatic N) is 1. The molecule has 3 aromatic rings. The third kappa shape index (κ3) is 6.12. The summed E-state index contributed by atoms with van der Waals surface area (Å²) in [5.41, 5.74) is 4.32. The van der Waals surface area contributed by atoms with Gasteiger partial charge in [-0.3, -0.25) is 9.78 Å². The van der Waals surface area contributed by atoms with E-state index in [0.29, 0.717) is 28.1 Å². The predicted octanol–water partition coefficient (Wildman–Crippen LogP) is 5.23. The molecule has 3 rings (SSSR count). The Morgan fingerprint density at radius 1 is 1.03 bits per heavy atom. The number of alkyl halides is 1. The van der Waals surface area contributed by atoms with E-state index in [1.54, 1.807) is 12.1 Å². The van der Waals surface area contributed by atoms with Crippen LogP contribution in [0.3, 0.4) is 0 Å². The van der Waals surface area contributed by atoms with E-state index in [0.717, 1.165) is 5.56 Å². The zero-order chi connectivity index (χ0) is 24.8. The first-order valence-electron chi connectivity index (χ1n) is 10.9. The lowest BCUT2D eigenvalue weighted by atomic mass is 9.91. The average Bonchev–Trinajstić information content (AvgIpc) is 2.82. The summed E-state index contributed by atoms with van der Waals surface area (Å²) in [7, 11) is 0. The number of hydrogen-bond donors (Lipinski definition) is 3. The van der Waals surface area contributed by atoms with E-state index in [-0.39, 0.29) is 11.7 Å². The van der Waals surface area contributed by atoms with Crippen LogP contribution in [0.4, 0.5) is 8.78 Å². The van der Waals surface area contributed by atoms with Crippen LogP contribution < -0.4 is 0 Å². The molecule has 0 saturated heterocycles. The van der Waals surface area contributed by atoms with Crippen molar-refractivity contribution < 1.29 is 28.9 Å². The average molecular weight is 468 g/mol. The number of halogens is 2.